The molecule has 1 aliphatic heterocycles. The van der Waals surface area contributed by atoms with Crippen molar-refractivity contribution in [1.29, 1.82) is 0 Å². The molecule has 1 fully saturated rings. The molecule has 0 amide bonds. The molecular formula is C15H23N3O2. The Kier molecular flexibility index (Phi) is 3.90. The maximum absolute atomic E-state index is 11.0. The quantitative estimate of drug-likeness (QED) is 0.808. The second kappa shape index (κ2) is 5.32. The molecule has 0 saturated carbocycles. The zero-order valence-electron chi connectivity index (χ0n) is 12.4. The molecule has 1 aromatic rings. The van der Waals surface area contributed by atoms with E-state index in [1.165, 1.54) is 0 Å². The molecule has 3 N–H and O–H groups in total. The Morgan fingerprint density at radius 3 is 2.25 bits per heavy atom. The van der Waals surface area contributed by atoms with Gasteiger partial charge in [0.2, 0.25) is 0 Å². The van der Waals surface area contributed by atoms with E-state index < -0.39 is 5.97 Å². The molecule has 0 bridgehead atoms. The fourth-order valence-electron chi connectivity index (χ4n) is 2.58. The van der Waals surface area contributed by atoms with E-state index in [0.29, 0.717) is 5.69 Å². The summed E-state index contributed by atoms with van der Waals surface area (Å²) >= 11 is 0. The minimum absolute atomic E-state index is 0.169. The Hall–Kier alpha value is -1.75. The Labute approximate surface area is 120 Å². The van der Waals surface area contributed by atoms with Crippen molar-refractivity contribution in [3.8, 4) is 0 Å². The van der Waals surface area contributed by atoms with Crippen molar-refractivity contribution in [2.75, 3.05) is 36.8 Å². The summed E-state index contributed by atoms with van der Waals surface area (Å²) < 4.78 is 0. The first-order chi connectivity index (χ1) is 9.29. The second-order valence-electron chi connectivity index (χ2n) is 6.22. The lowest BCUT2D eigenvalue weighted by Gasteiger charge is -2.43. The Bertz CT molecular complexity index is 500. The molecule has 2 rings (SSSR count). The maximum atomic E-state index is 11.0. The fourth-order valence-corrected chi connectivity index (χ4v) is 2.58. The van der Waals surface area contributed by atoms with Gasteiger partial charge < -0.3 is 15.7 Å². The van der Waals surface area contributed by atoms with Crippen LogP contribution in [-0.4, -0.2) is 47.7 Å². The predicted molar refractivity (Wildman–Crippen MR) is 81.4 cm³/mol. The summed E-state index contributed by atoms with van der Waals surface area (Å²) in [5.41, 5.74) is 7.50. The minimum atomic E-state index is -0.980. The van der Waals surface area contributed by atoms with E-state index in [0.717, 1.165) is 31.9 Å². The molecular weight excluding hydrogens is 254 g/mol. The van der Waals surface area contributed by atoms with Gasteiger partial charge in [-0.25, -0.2) is 4.79 Å². The van der Waals surface area contributed by atoms with E-state index in [4.69, 9.17) is 10.8 Å². The molecule has 1 heterocycles. The number of nitrogen functional groups attached to an aromatic ring is 1. The smallest absolute Gasteiger partial charge is 0.337 e. The fraction of sp³-hybridized carbons (Fsp3) is 0.533. The van der Waals surface area contributed by atoms with E-state index in [-0.39, 0.29) is 11.1 Å². The average Bonchev–Trinajstić information content (AvgIpc) is 2.37. The largest absolute Gasteiger partial charge is 0.478 e. The lowest BCUT2D eigenvalue weighted by molar-refractivity contribution is 0.0698. The van der Waals surface area contributed by atoms with Crippen LogP contribution in [0.25, 0.3) is 0 Å². The number of carbonyl (C=O) groups is 1. The summed E-state index contributed by atoms with van der Waals surface area (Å²) in [5.74, 6) is -0.980. The number of aromatic carboxylic acids is 1. The van der Waals surface area contributed by atoms with E-state index in [1.54, 1.807) is 12.1 Å². The summed E-state index contributed by atoms with van der Waals surface area (Å²) in [6.07, 6.45) is 0. The van der Waals surface area contributed by atoms with Gasteiger partial charge >= 0.3 is 5.97 Å². The van der Waals surface area contributed by atoms with Crippen molar-refractivity contribution in [3.05, 3.63) is 23.8 Å². The van der Waals surface area contributed by atoms with Crippen LogP contribution in [0.5, 0.6) is 0 Å². The van der Waals surface area contributed by atoms with Crippen LogP contribution in [0.2, 0.25) is 0 Å². The molecule has 1 aromatic carbocycles. The highest BCUT2D eigenvalue weighted by Gasteiger charge is 2.26. The number of hydrogen-bond donors (Lipinski definition) is 2. The second-order valence-corrected chi connectivity index (χ2v) is 6.22. The number of piperazine rings is 1. The van der Waals surface area contributed by atoms with E-state index in [9.17, 15) is 4.79 Å². The lowest BCUT2D eigenvalue weighted by Crippen LogP contribution is -2.53. The number of rotatable bonds is 2. The zero-order chi connectivity index (χ0) is 14.9. The molecule has 0 aromatic heterocycles. The number of hydrogen-bond acceptors (Lipinski definition) is 4. The van der Waals surface area contributed by atoms with Gasteiger partial charge in [-0.1, -0.05) is 0 Å². The molecule has 5 heteroatoms. The SMILES string of the molecule is CC(C)(C)N1CCN(c2ccc(C(=O)O)c(N)c2)CC1. The van der Waals surface area contributed by atoms with Gasteiger partial charge in [0.25, 0.3) is 0 Å². The molecule has 5 nitrogen and oxygen atoms in total. The molecule has 110 valence electrons. The van der Waals surface area contributed by atoms with Crippen LogP contribution in [0.15, 0.2) is 18.2 Å². The average molecular weight is 277 g/mol. The predicted octanol–water partition coefficient (Wildman–Crippen LogP) is 1.89. The lowest BCUT2D eigenvalue weighted by atomic mass is 10.0. The van der Waals surface area contributed by atoms with E-state index in [1.807, 2.05) is 6.07 Å². The number of carboxylic acid groups (broad SMARTS) is 1. The van der Waals surface area contributed by atoms with Gasteiger partial charge in [-0.2, -0.15) is 0 Å². The van der Waals surface area contributed by atoms with Gasteiger partial charge in [-0.05, 0) is 39.0 Å². The molecule has 0 spiro atoms. The van der Waals surface area contributed by atoms with Crippen molar-refractivity contribution in [3.63, 3.8) is 0 Å². The summed E-state index contributed by atoms with van der Waals surface area (Å²) in [5, 5.41) is 8.99. The van der Waals surface area contributed by atoms with Crippen LogP contribution in [0, 0.1) is 0 Å². The van der Waals surface area contributed by atoms with Gasteiger partial charge in [0.1, 0.15) is 0 Å². The first-order valence-corrected chi connectivity index (χ1v) is 6.92. The Morgan fingerprint density at radius 1 is 1.20 bits per heavy atom. The molecule has 1 saturated heterocycles. The third kappa shape index (κ3) is 3.04. The third-order valence-electron chi connectivity index (χ3n) is 3.86. The van der Waals surface area contributed by atoms with Crippen LogP contribution in [0.1, 0.15) is 31.1 Å². The van der Waals surface area contributed by atoms with E-state index >= 15 is 0 Å². The van der Waals surface area contributed by atoms with Crippen LogP contribution in [0.4, 0.5) is 11.4 Å². The summed E-state index contributed by atoms with van der Waals surface area (Å²) in [7, 11) is 0. The number of nitrogens with zero attached hydrogens (tertiary/aromatic N) is 2. The van der Waals surface area contributed by atoms with E-state index in [2.05, 4.69) is 30.6 Å². The molecule has 0 atom stereocenters. The van der Waals surface area contributed by atoms with Gasteiger partial charge in [-0.15, -0.1) is 0 Å². The molecule has 1 aliphatic rings. The summed E-state index contributed by atoms with van der Waals surface area (Å²) in [6, 6.07) is 5.19. The maximum Gasteiger partial charge on any atom is 0.337 e. The minimum Gasteiger partial charge on any atom is -0.478 e. The highest BCUT2D eigenvalue weighted by Crippen LogP contribution is 2.24. The topological polar surface area (TPSA) is 69.8 Å². The van der Waals surface area contributed by atoms with Gasteiger partial charge in [0.15, 0.2) is 0 Å². The highest BCUT2D eigenvalue weighted by atomic mass is 16.4. The van der Waals surface area contributed by atoms with Crippen LogP contribution >= 0.6 is 0 Å². The number of nitrogens with two attached hydrogens (primary N) is 1. The van der Waals surface area contributed by atoms with Crippen molar-refractivity contribution >= 4 is 17.3 Å². The standard InChI is InChI=1S/C15H23N3O2/c1-15(2,3)18-8-6-17(7-9-18)11-4-5-12(14(19)20)13(16)10-11/h4-5,10H,6-9,16H2,1-3H3,(H,19,20). The van der Waals surface area contributed by atoms with Crippen LogP contribution in [-0.2, 0) is 0 Å². The third-order valence-corrected chi connectivity index (χ3v) is 3.86. The van der Waals surface area contributed by atoms with Crippen LogP contribution in [0.3, 0.4) is 0 Å². The molecule has 20 heavy (non-hydrogen) atoms. The summed E-state index contributed by atoms with van der Waals surface area (Å²) in [4.78, 5) is 15.7. The van der Waals surface area contributed by atoms with Crippen LogP contribution < -0.4 is 10.6 Å². The molecule has 0 radical (unpaired) electrons. The van der Waals surface area contributed by atoms with Gasteiger partial charge in [0, 0.05) is 43.1 Å². The molecule has 0 aliphatic carbocycles. The van der Waals surface area contributed by atoms with Gasteiger partial charge in [-0.3, -0.25) is 4.90 Å². The number of benzene rings is 1. The summed E-state index contributed by atoms with van der Waals surface area (Å²) in [6.45, 7) is 10.5. The first-order valence-electron chi connectivity index (χ1n) is 6.92. The normalized spacial score (nSPS) is 17.2. The molecule has 0 unspecified atom stereocenters. The number of carboxylic acids is 1. The Morgan fingerprint density at radius 2 is 1.80 bits per heavy atom. The highest BCUT2D eigenvalue weighted by molar-refractivity contribution is 5.94. The van der Waals surface area contributed by atoms with Crippen molar-refractivity contribution in [2.45, 2.75) is 26.3 Å². The number of anilines is 2. The Balaban J connectivity index is 2.08. The van der Waals surface area contributed by atoms with Crippen molar-refractivity contribution < 1.29 is 9.90 Å². The van der Waals surface area contributed by atoms with Gasteiger partial charge in [0.05, 0.1) is 5.56 Å². The zero-order valence-corrected chi connectivity index (χ0v) is 12.4. The monoisotopic (exact) mass is 277 g/mol. The van der Waals surface area contributed by atoms with Crippen molar-refractivity contribution in [1.82, 2.24) is 4.90 Å². The first kappa shape index (κ1) is 14.7. The van der Waals surface area contributed by atoms with Crippen molar-refractivity contribution in [2.24, 2.45) is 0 Å².